The van der Waals surface area contributed by atoms with Gasteiger partial charge >= 0.3 is 6.61 Å². The van der Waals surface area contributed by atoms with E-state index in [1.54, 1.807) is 0 Å². The highest BCUT2D eigenvalue weighted by Gasteiger charge is 2.10. The van der Waals surface area contributed by atoms with Crippen molar-refractivity contribution in [3.8, 4) is 5.75 Å². The van der Waals surface area contributed by atoms with Crippen molar-refractivity contribution in [3.63, 3.8) is 0 Å². The van der Waals surface area contributed by atoms with Crippen LogP contribution in [0.4, 0.5) is 14.5 Å². The van der Waals surface area contributed by atoms with Crippen LogP contribution in [0.3, 0.4) is 0 Å². The van der Waals surface area contributed by atoms with Crippen molar-refractivity contribution in [1.29, 1.82) is 0 Å². The average molecular weight is 468 g/mol. The van der Waals surface area contributed by atoms with Crippen molar-refractivity contribution in [2.75, 3.05) is 5.32 Å². The summed E-state index contributed by atoms with van der Waals surface area (Å²) in [5.74, 6) is 0.190. The van der Waals surface area contributed by atoms with Gasteiger partial charge in [0.05, 0.1) is 6.54 Å². The SMILES string of the molecule is Cc1cccc(NC(N)=NCc2cc(Cl)ccc2OC(F)F)c1.I. The van der Waals surface area contributed by atoms with Gasteiger partial charge in [0.2, 0.25) is 0 Å². The van der Waals surface area contributed by atoms with Crippen molar-refractivity contribution in [3.05, 3.63) is 58.6 Å². The predicted molar refractivity (Wildman–Crippen MR) is 104 cm³/mol. The molecule has 0 aliphatic heterocycles. The van der Waals surface area contributed by atoms with Gasteiger partial charge in [0.1, 0.15) is 5.75 Å². The minimum absolute atomic E-state index is 0. The van der Waals surface area contributed by atoms with Crippen LogP contribution in [0.1, 0.15) is 11.1 Å². The Balaban J connectivity index is 0.00000288. The van der Waals surface area contributed by atoms with E-state index in [9.17, 15) is 8.78 Å². The Hall–Kier alpha value is -1.61. The third kappa shape index (κ3) is 6.48. The number of aryl methyl sites for hydroxylation is 1. The van der Waals surface area contributed by atoms with E-state index in [4.69, 9.17) is 17.3 Å². The number of alkyl halides is 2. The standard InChI is InChI=1S/C16H16ClF2N3O.HI/c1-10-3-2-4-13(7-10)22-16(20)21-9-11-8-12(17)5-6-14(11)23-15(18)19;/h2-8,15H,9H2,1H3,(H3,20,21,22);1H. The Labute approximate surface area is 161 Å². The monoisotopic (exact) mass is 467 g/mol. The maximum atomic E-state index is 12.4. The minimum atomic E-state index is -2.92. The molecule has 130 valence electrons. The molecular weight excluding hydrogens is 451 g/mol. The molecule has 0 heterocycles. The molecule has 0 spiro atoms. The summed E-state index contributed by atoms with van der Waals surface area (Å²) in [4.78, 5) is 4.13. The van der Waals surface area contributed by atoms with Crippen LogP contribution in [0.2, 0.25) is 5.02 Å². The van der Waals surface area contributed by atoms with Gasteiger partial charge in [0.15, 0.2) is 5.96 Å². The van der Waals surface area contributed by atoms with Gasteiger partial charge < -0.3 is 15.8 Å². The van der Waals surface area contributed by atoms with E-state index < -0.39 is 6.61 Å². The van der Waals surface area contributed by atoms with Crippen molar-refractivity contribution in [2.45, 2.75) is 20.1 Å². The van der Waals surface area contributed by atoms with Crippen LogP contribution in [0.25, 0.3) is 0 Å². The highest BCUT2D eigenvalue weighted by molar-refractivity contribution is 14.0. The van der Waals surface area contributed by atoms with Gasteiger partial charge in [0, 0.05) is 16.3 Å². The Kier molecular flexibility index (Phi) is 8.20. The zero-order valence-electron chi connectivity index (χ0n) is 12.8. The Bertz CT molecular complexity index is 713. The first kappa shape index (κ1) is 20.4. The van der Waals surface area contributed by atoms with Crippen LogP contribution in [0.5, 0.6) is 5.75 Å². The maximum absolute atomic E-state index is 12.4. The van der Waals surface area contributed by atoms with Crippen LogP contribution < -0.4 is 15.8 Å². The zero-order valence-corrected chi connectivity index (χ0v) is 15.9. The Morgan fingerprint density at radius 3 is 2.71 bits per heavy atom. The Morgan fingerprint density at radius 2 is 2.04 bits per heavy atom. The van der Waals surface area contributed by atoms with E-state index in [0.717, 1.165) is 11.3 Å². The molecule has 0 bridgehead atoms. The first-order chi connectivity index (χ1) is 10.9. The van der Waals surface area contributed by atoms with Crippen molar-refractivity contribution in [1.82, 2.24) is 0 Å². The molecular formula is C16H17ClF2IN3O. The number of aliphatic imine (C=N–C) groups is 1. The quantitative estimate of drug-likeness (QED) is 0.377. The zero-order chi connectivity index (χ0) is 16.8. The summed E-state index contributed by atoms with van der Waals surface area (Å²) in [5, 5.41) is 3.34. The summed E-state index contributed by atoms with van der Waals surface area (Å²) in [7, 11) is 0. The molecule has 0 saturated heterocycles. The maximum Gasteiger partial charge on any atom is 0.387 e. The minimum Gasteiger partial charge on any atom is -0.434 e. The molecule has 0 radical (unpaired) electrons. The van der Waals surface area contributed by atoms with Crippen LogP contribution in [0, 0.1) is 6.92 Å². The van der Waals surface area contributed by atoms with Crippen molar-refractivity contribution < 1.29 is 13.5 Å². The number of nitrogens with one attached hydrogen (secondary N) is 1. The number of rotatable bonds is 5. The Morgan fingerprint density at radius 1 is 1.29 bits per heavy atom. The fourth-order valence-corrected chi connectivity index (χ4v) is 2.16. The molecule has 3 N–H and O–H groups in total. The summed E-state index contributed by atoms with van der Waals surface area (Å²) in [6.07, 6.45) is 0. The largest absolute Gasteiger partial charge is 0.434 e. The second-order valence-electron chi connectivity index (χ2n) is 4.83. The normalized spacial score (nSPS) is 11.1. The molecule has 0 amide bonds. The van der Waals surface area contributed by atoms with E-state index in [1.807, 2.05) is 31.2 Å². The molecule has 0 atom stereocenters. The van der Waals surface area contributed by atoms with Gasteiger partial charge in [-0.1, -0.05) is 23.7 Å². The molecule has 24 heavy (non-hydrogen) atoms. The summed E-state index contributed by atoms with van der Waals surface area (Å²) < 4.78 is 29.2. The molecule has 0 aliphatic carbocycles. The lowest BCUT2D eigenvalue weighted by Crippen LogP contribution is -2.22. The summed E-state index contributed by atoms with van der Waals surface area (Å²) in [6.45, 7) is -0.896. The van der Waals surface area contributed by atoms with Gasteiger partial charge in [-0.15, -0.1) is 24.0 Å². The second kappa shape index (κ2) is 9.63. The average Bonchev–Trinajstić information content (AvgIpc) is 2.47. The lowest BCUT2D eigenvalue weighted by atomic mass is 10.2. The number of nitrogens with two attached hydrogens (primary N) is 1. The molecule has 4 nitrogen and oxygen atoms in total. The lowest BCUT2D eigenvalue weighted by molar-refractivity contribution is -0.0504. The molecule has 2 rings (SSSR count). The number of nitrogens with zero attached hydrogens (tertiary/aromatic N) is 1. The van der Waals surface area contributed by atoms with Crippen LogP contribution in [-0.2, 0) is 6.54 Å². The molecule has 0 fully saturated rings. The molecule has 0 aliphatic rings. The van der Waals surface area contributed by atoms with Crippen molar-refractivity contribution >= 4 is 47.2 Å². The third-order valence-electron chi connectivity index (χ3n) is 2.95. The molecule has 2 aromatic carbocycles. The summed E-state index contributed by atoms with van der Waals surface area (Å²) in [6, 6.07) is 12.0. The smallest absolute Gasteiger partial charge is 0.387 e. The fourth-order valence-electron chi connectivity index (χ4n) is 1.96. The highest BCUT2D eigenvalue weighted by Crippen LogP contribution is 2.25. The summed E-state index contributed by atoms with van der Waals surface area (Å²) in [5.41, 5.74) is 8.10. The van der Waals surface area contributed by atoms with Crippen LogP contribution >= 0.6 is 35.6 Å². The number of anilines is 1. The van der Waals surface area contributed by atoms with Gasteiger partial charge in [-0.25, -0.2) is 4.99 Å². The predicted octanol–water partition coefficient (Wildman–Crippen LogP) is 4.79. The van der Waals surface area contributed by atoms with E-state index in [-0.39, 0.29) is 42.2 Å². The van der Waals surface area contributed by atoms with E-state index >= 15 is 0 Å². The van der Waals surface area contributed by atoms with Crippen LogP contribution in [0.15, 0.2) is 47.5 Å². The molecule has 0 aromatic heterocycles. The molecule has 8 heteroatoms. The van der Waals surface area contributed by atoms with Gasteiger partial charge in [-0.3, -0.25) is 0 Å². The number of halogens is 4. The van der Waals surface area contributed by atoms with Crippen molar-refractivity contribution in [2.24, 2.45) is 10.7 Å². The number of hydrogen-bond acceptors (Lipinski definition) is 2. The molecule has 0 saturated carbocycles. The van der Waals surface area contributed by atoms with Crippen LogP contribution in [-0.4, -0.2) is 12.6 Å². The second-order valence-corrected chi connectivity index (χ2v) is 5.26. The lowest BCUT2D eigenvalue weighted by Gasteiger charge is -2.10. The van der Waals surface area contributed by atoms with E-state index in [0.29, 0.717) is 10.6 Å². The fraction of sp³-hybridized carbons (Fsp3) is 0.188. The van der Waals surface area contributed by atoms with Gasteiger partial charge in [-0.05, 0) is 42.8 Å². The van der Waals surface area contributed by atoms with E-state index in [2.05, 4.69) is 15.0 Å². The number of ether oxygens (including phenoxy) is 1. The van der Waals surface area contributed by atoms with Gasteiger partial charge in [-0.2, -0.15) is 8.78 Å². The first-order valence-electron chi connectivity index (χ1n) is 6.81. The summed E-state index contributed by atoms with van der Waals surface area (Å²) >= 11 is 5.88. The highest BCUT2D eigenvalue weighted by atomic mass is 127. The first-order valence-corrected chi connectivity index (χ1v) is 7.18. The number of guanidine groups is 1. The third-order valence-corrected chi connectivity index (χ3v) is 3.18. The molecule has 0 unspecified atom stereocenters. The van der Waals surface area contributed by atoms with E-state index in [1.165, 1.54) is 18.2 Å². The number of hydrogen-bond donors (Lipinski definition) is 2. The van der Waals surface area contributed by atoms with Gasteiger partial charge in [0.25, 0.3) is 0 Å². The number of benzene rings is 2. The molecule has 2 aromatic rings. The topological polar surface area (TPSA) is 59.6 Å².